The number of ether oxygens (including phenoxy) is 1. The van der Waals surface area contributed by atoms with Crippen LogP contribution in [0, 0.1) is 0 Å². The summed E-state index contributed by atoms with van der Waals surface area (Å²) in [5.74, 6) is 0.270. The van der Waals surface area contributed by atoms with E-state index >= 15 is 0 Å². The van der Waals surface area contributed by atoms with Gasteiger partial charge in [0, 0.05) is 28.4 Å². The molecule has 2 heterocycles. The summed E-state index contributed by atoms with van der Waals surface area (Å²) in [6.45, 7) is 2.10. The number of carbonyl (C=O) groups excluding carboxylic acids is 1. The van der Waals surface area contributed by atoms with Crippen molar-refractivity contribution in [2.45, 2.75) is 20.0 Å². The Morgan fingerprint density at radius 2 is 2.03 bits per heavy atom. The van der Waals surface area contributed by atoms with Crippen LogP contribution in [-0.2, 0) is 13.0 Å². The van der Waals surface area contributed by atoms with Gasteiger partial charge in [-0.1, -0.05) is 42.0 Å². The highest BCUT2D eigenvalue weighted by molar-refractivity contribution is 7.16. The fourth-order valence-corrected chi connectivity index (χ4v) is 3.81. The summed E-state index contributed by atoms with van der Waals surface area (Å²) < 4.78 is 7.08. The predicted molar refractivity (Wildman–Crippen MR) is 117 cm³/mol. The molecule has 0 spiro atoms. The van der Waals surface area contributed by atoms with Crippen LogP contribution < -0.4 is 15.6 Å². The number of nitrogens with one attached hydrogen (secondary N) is 1. The van der Waals surface area contributed by atoms with E-state index in [-0.39, 0.29) is 18.1 Å². The highest BCUT2D eigenvalue weighted by Crippen LogP contribution is 2.20. The monoisotopic (exact) mass is 440 g/mol. The molecule has 0 saturated carbocycles. The second-order valence-electron chi connectivity index (χ2n) is 6.41. The van der Waals surface area contributed by atoms with Crippen LogP contribution in [0.25, 0.3) is 4.96 Å². The molecule has 152 valence electrons. The van der Waals surface area contributed by atoms with Crippen LogP contribution in [0.2, 0.25) is 5.02 Å². The van der Waals surface area contributed by atoms with Crippen LogP contribution in [0.1, 0.15) is 28.0 Å². The molecule has 0 saturated heterocycles. The van der Waals surface area contributed by atoms with Gasteiger partial charge in [0.1, 0.15) is 17.4 Å². The Bertz CT molecular complexity index is 1280. The van der Waals surface area contributed by atoms with Crippen molar-refractivity contribution in [1.29, 1.82) is 0 Å². The van der Waals surface area contributed by atoms with Gasteiger partial charge < -0.3 is 10.1 Å². The van der Waals surface area contributed by atoms with Gasteiger partial charge in [-0.25, -0.2) is 4.98 Å². The number of fused-ring (bicyclic) bond motifs is 1. The number of nitrogens with zero attached hydrogens (tertiary/aromatic N) is 3. The lowest BCUT2D eigenvalue weighted by molar-refractivity contribution is 0.102. The smallest absolute Gasteiger partial charge is 0.275 e. The molecule has 1 N–H and O–H groups in total. The second kappa shape index (κ2) is 8.64. The number of amides is 1. The van der Waals surface area contributed by atoms with E-state index in [4.69, 9.17) is 16.3 Å². The summed E-state index contributed by atoms with van der Waals surface area (Å²) >= 11 is 7.32. The Balaban J connectivity index is 1.46. The molecule has 4 aromatic rings. The maximum absolute atomic E-state index is 12.4. The van der Waals surface area contributed by atoms with Gasteiger partial charge in [0.25, 0.3) is 11.5 Å². The molecule has 0 fully saturated rings. The molecule has 0 aliphatic heterocycles. The summed E-state index contributed by atoms with van der Waals surface area (Å²) in [5.41, 5.74) is 1.32. The zero-order chi connectivity index (χ0) is 21.1. The van der Waals surface area contributed by atoms with E-state index in [1.165, 1.54) is 21.9 Å². The molecular weight excluding hydrogens is 424 g/mol. The van der Waals surface area contributed by atoms with Crippen LogP contribution in [0.3, 0.4) is 0 Å². The molecule has 2 aromatic carbocycles. The van der Waals surface area contributed by atoms with E-state index in [1.807, 2.05) is 6.92 Å². The minimum absolute atomic E-state index is 0.122. The lowest BCUT2D eigenvalue weighted by Gasteiger charge is -2.09. The van der Waals surface area contributed by atoms with Gasteiger partial charge in [-0.3, -0.25) is 9.59 Å². The summed E-state index contributed by atoms with van der Waals surface area (Å²) in [5, 5.41) is 8.38. The molecule has 9 heteroatoms. The van der Waals surface area contributed by atoms with E-state index in [9.17, 15) is 9.59 Å². The fourth-order valence-electron chi connectivity index (χ4n) is 2.77. The zero-order valence-electron chi connectivity index (χ0n) is 16.0. The van der Waals surface area contributed by atoms with Crippen molar-refractivity contribution in [3.63, 3.8) is 0 Å². The largest absolute Gasteiger partial charge is 0.487 e. The van der Waals surface area contributed by atoms with Gasteiger partial charge in [0.2, 0.25) is 4.96 Å². The Morgan fingerprint density at radius 1 is 1.20 bits per heavy atom. The van der Waals surface area contributed by atoms with Crippen molar-refractivity contribution >= 4 is 39.5 Å². The molecule has 7 nitrogen and oxygen atoms in total. The standard InChI is InChI=1S/C21H17ClN4O3S/c1-2-18-25-26-19(27)11-16(24-21(26)30-18)12-29-17-8-4-7-15(10-17)23-20(28)13-5-3-6-14(22)9-13/h3-11H,2,12H2,1H3,(H,23,28). The topological polar surface area (TPSA) is 85.6 Å². The van der Waals surface area contributed by atoms with E-state index in [0.29, 0.717) is 32.7 Å². The molecule has 0 atom stereocenters. The zero-order valence-corrected chi connectivity index (χ0v) is 17.5. The molecule has 1 amide bonds. The molecule has 0 aliphatic carbocycles. The third kappa shape index (κ3) is 4.50. The first-order chi connectivity index (χ1) is 14.5. The number of benzene rings is 2. The lowest BCUT2D eigenvalue weighted by Crippen LogP contribution is -2.16. The van der Waals surface area contributed by atoms with Crippen molar-refractivity contribution in [1.82, 2.24) is 14.6 Å². The normalized spacial score (nSPS) is 10.9. The number of halogens is 1. The number of aryl methyl sites for hydroxylation is 1. The van der Waals surface area contributed by atoms with Crippen molar-refractivity contribution < 1.29 is 9.53 Å². The van der Waals surface area contributed by atoms with E-state index in [1.54, 1.807) is 48.5 Å². The maximum atomic E-state index is 12.4. The predicted octanol–water partition coefficient (Wildman–Crippen LogP) is 4.20. The Kier molecular flexibility index (Phi) is 5.78. The summed E-state index contributed by atoms with van der Waals surface area (Å²) in [6, 6.07) is 15.1. The SMILES string of the molecule is CCc1nn2c(=O)cc(COc3cccc(NC(=O)c4cccc(Cl)c4)c3)nc2s1. The third-order valence-electron chi connectivity index (χ3n) is 4.21. The maximum Gasteiger partial charge on any atom is 0.275 e. The Labute approximate surface area is 180 Å². The van der Waals surface area contributed by atoms with E-state index < -0.39 is 0 Å². The summed E-state index contributed by atoms with van der Waals surface area (Å²) in [4.78, 5) is 29.6. The lowest BCUT2D eigenvalue weighted by atomic mass is 10.2. The Hall–Kier alpha value is -3.23. The molecule has 4 rings (SSSR count). The first-order valence-corrected chi connectivity index (χ1v) is 10.4. The van der Waals surface area contributed by atoms with Gasteiger partial charge >= 0.3 is 0 Å². The van der Waals surface area contributed by atoms with Gasteiger partial charge in [-0.2, -0.15) is 9.61 Å². The average molecular weight is 441 g/mol. The minimum Gasteiger partial charge on any atom is -0.487 e. The molecule has 30 heavy (non-hydrogen) atoms. The molecule has 0 unspecified atom stereocenters. The summed E-state index contributed by atoms with van der Waals surface area (Å²) in [6.07, 6.45) is 0.743. The van der Waals surface area contributed by atoms with Gasteiger partial charge in [0.15, 0.2) is 0 Å². The summed E-state index contributed by atoms with van der Waals surface area (Å²) in [7, 11) is 0. The number of carbonyl (C=O) groups is 1. The van der Waals surface area contributed by atoms with Crippen molar-refractivity contribution in [3.8, 4) is 5.75 Å². The van der Waals surface area contributed by atoms with Crippen LogP contribution >= 0.6 is 22.9 Å². The molecule has 0 aliphatic rings. The highest BCUT2D eigenvalue weighted by atomic mass is 35.5. The van der Waals surface area contributed by atoms with Gasteiger partial charge in [-0.15, -0.1) is 0 Å². The minimum atomic E-state index is -0.272. The van der Waals surface area contributed by atoms with Crippen molar-refractivity contribution in [3.05, 3.63) is 86.2 Å². The van der Waals surface area contributed by atoms with Gasteiger partial charge in [0.05, 0.1) is 5.69 Å². The molecule has 0 radical (unpaired) electrons. The quantitative estimate of drug-likeness (QED) is 0.485. The molecule has 0 bridgehead atoms. The first-order valence-electron chi connectivity index (χ1n) is 9.20. The number of hydrogen-bond acceptors (Lipinski definition) is 6. The Morgan fingerprint density at radius 3 is 2.83 bits per heavy atom. The number of hydrogen-bond donors (Lipinski definition) is 1. The molecule has 2 aromatic heterocycles. The van der Waals surface area contributed by atoms with Crippen molar-refractivity contribution in [2.24, 2.45) is 0 Å². The van der Waals surface area contributed by atoms with Crippen LogP contribution in [-0.4, -0.2) is 20.5 Å². The highest BCUT2D eigenvalue weighted by Gasteiger charge is 2.10. The van der Waals surface area contributed by atoms with E-state index in [0.717, 1.165) is 11.4 Å². The van der Waals surface area contributed by atoms with E-state index in [2.05, 4.69) is 15.4 Å². The van der Waals surface area contributed by atoms with Crippen LogP contribution in [0.4, 0.5) is 5.69 Å². The van der Waals surface area contributed by atoms with Crippen molar-refractivity contribution in [2.75, 3.05) is 5.32 Å². The van der Waals surface area contributed by atoms with Crippen LogP contribution in [0.15, 0.2) is 59.4 Å². The number of rotatable bonds is 6. The fraction of sp³-hybridized carbons (Fsp3) is 0.143. The second-order valence-corrected chi connectivity index (χ2v) is 7.89. The number of anilines is 1. The molecular formula is C21H17ClN4O3S. The van der Waals surface area contributed by atoms with Crippen LogP contribution in [0.5, 0.6) is 5.75 Å². The average Bonchev–Trinajstić information content (AvgIpc) is 3.16. The number of aromatic nitrogens is 3. The van der Waals surface area contributed by atoms with Gasteiger partial charge in [-0.05, 0) is 36.8 Å². The third-order valence-corrected chi connectivity index (χ3v) is 5.50. The first kappa shape index (κ1) is 20.1.